The number of halogens is 1. The van der Waals surface area contributed by atoms with Crippen LogP contribution < -0.4 is 5.32 Å². The Labute approximate surface area is 102 Å². The van der Waals surface area contributed by atoms with Crippen LogP contribution in [0.5, 0.6) is 0 Å². The number of anilines is 1. The summed E-state index contributed by atoms with van der Waals surface area (Å²) in [6.07, 6.45) is 3.10. The van der Waals surface area contributed by atoms with Crippen molar-refractivity contribution in [3.63, 3.8) is 0 Å². The maximum atomic E-state index is 5.97. The molecular formula is C11H19ClN4. The van der Waals surface area contributed by atoms with Crippen molar-refractivity contribution in [2.75, 3.05) is 25.0 Å². The third-order valence-corrected chi connectivity index (χ3v) is 2.75. The van der Waals surface area contributed by atoms with E-state index in [-0.39, 0.29) is 0 Å². The van der Waals surface area contributed by atoms with Gasteiger partial charge in [0, 0.05) is 12.6 Å². The molecule has 0 aliphatic heterocycles. The van der Waals surface area contributed by atoms with Crippen molar-refractivity contribution in [2.24, 2.45) is 0 Å². The summed E-state index contributed by atoms with van der Waals surface area (Å²) >= 11 is 5.97. The summed E-state index contributed by atoms with van der Waals surface area (Å²) in [5, 5.41) is 3.85. The minimum Gasteiger partial charge on any atom is -0.365 e. The van der Waals surface area contributed by atoms with E-state index in [1.807, 2.05) is 0 Å². The average Bonchev–Trinajstić information content (AvgIpc) is 2.29. The molecule has 4 nitrogen and oxygen atoms in total. The predicted molar refractivity (Wildman–Crippen MR) is 67.9 cm³/mol. The summed E-state index contributed by atoms with van der Waals surface area (Å²) in [5.41, 5.74) is 0. The lowest BCUT2D eigenvalue weighted by atomic mass is 10.3. The van der Waals surface area contributed by atoms with E-state index < -0.39 is 0 Å². The summed E-state index contributed by atoms with van der Waals surface area (Å²) in [7, 11) is 0. The predicted octanol–water partition coefficient (Wildman–Crippen LogP) is 2.27. The second kappa shape index (κ2) is 6.66. The van der Waals surface area contributed by atoms with E-state index >= 15 is 0 Å². The standard InChI is InChI=1S/C11H19ClN4/c1-4-16(5-2)7-9(3)15-11-10(12)6-13-8-14-11/h6,8-9H,4-5,7H2,1-3H3,(H,13,14,15). The first-order valence-corrected chi connectivity index (χ1v) is 5.99. The van der Waals surface area contributed by atoms with Gasteiger partial charge in [-0.3, -0.25) is 0 Å². The Bertz CT molecular complexity index is 315. The Hall–Kier alpha value is -0.870. The van der Waals surface area contributed by atoms with Crippen molar-refractivity contribution < 1.29 is 0 Å². The van der Waals surface area contributed by atoms with Gasteiger partial charge >= 0.3 is 0 Å². The summed E-state index contributed by atoms with van der Waals surface area (Å²) in [5.74, 6) is 0.705. The molecule has 90 valence electrons. The van der Waals surface area contributed by atoms with Crippen LogP contribution in [0.3, 0.4) is 0 Å². The highest BCUT2D eigenvalue weighted by molar-refractivity contribution is 6.32. The number of nitrogens with zero attached hydrogens (tertiary/aromatic N) is 3. The topological polar surface area (TPSA) is 41.0 Å². The molecule has 1 heterocycles. The molecule has 0 bridgehead atoms. The molecule has 0 saturated heterocycles. The largest absolute Gasteiger partial charge is 0.365 e. The quantitative estimate of drug-likeness (QED) is 0.831. The zero-order valence-corrected chi connectivity index (χ0v) is 10.8. The molecule has 1 N–H and O–H groups in total. The van der Waals surface area contributed by atoms with Crippen molar-refractivity contribution in [2.45, 2.75) is 26.8 Å². The zero-order valence-electron chi connectivity index (χ0n) is 10.1. The second-order valence-corrected chi connectivity index (χ2v) is 4.16. The van der Waals surface area contributed by atoms with Crippen LogP contribution >= 0.6 is 11.6 Å². The van der Waals surface area contributed by atoms with Crippen molar-refractivity contribution in [1.29, 1.82) is 0 Å². The molecule has 0 fully saturated rings. The van der Waals surface area contributed by atoms with Gasteiger partial charge in [-0.2, -0.15) is 0 Å². The van der Waals surface area contributed by atoms with Gasteiger partial charge in [-0.1, -0.05) is 25.4 Å². The smallest absolute Gasteiger partial charge is 0.148 e. The number of hydrogen-bond donors (Lipinski definition) is 1. The molecule has 5 heteroatoms. The van der Waals surface area contributed by atoms with Crippen molar-refractivity contribution in [3.05, 3.63) is 17.5 Å². The molecule has 1 aromatic heterocycles. The van der Waals surface area contributed by atoms with Crippen LogP contribution in [0.1, 0.15) is 20.8 Å². The van der Waals surface area contributed by atoms with Crippen LogP contribution in [-0.4, -0.2) is 40.5 Å². The molecule has 1 atom stereocenters. The summed E-state index contributed by atoms with van der Waals surface area (Å²) in [6, 6.07) is 0.312. The Balaban J connectivity index is 2.51. The molecule has 16 heavy (non-hydrogen) atoms. The van der Waals surface area contributed by atoms with E-state index in [0.717, 1.165) is 19.6 Å². The lowest BCUT2D eigenvalue weighted by molar-refractivity contribution is 0.294. The van der Waals surface area contributed by atoms with Gasteiger partial charge in [-0.25, -0.2) is 9.97 Å². The zero-order chi connectivity index (χ0) is 12.0. The maximum Gasteiger partial charge on any atom is 0.148 e. The third-order valence-electron chi connectivity index (χ3n) is 2.48. The minimum absolute atomic E-state index is 0.312. The molecule has 0 aliphatic carbocycles. The monoisotopic (exact) mass is 242 g/mol. The molecule has 0 aromatic carbocycles. The van der Waals surface area contributed by atoms with Crippen LogP contribution in [0.15, 0.2) is 12.5 Å². The van der Waals surface area contributed by atoms with Gasteiger partial charge in [0.2, 0.25) is 0 Å². The van der Waals surface area contributed by atoms with Crippen molar-refractivity contribution >= 4 is 17.4 Å². The number of nitrogens with one attached hydrogen (secondary N) is 1. The van der Waals surface area contributed by atoms with E-state index in [4.69, 9.17) is 11.6 Å². The molecule has 0 saturated carbocycles. The van der Waals surface area contributed by atoms with Gasteiger partial charge in [0.15, 0.2) is 0 Å². The van der Waals surface area contributed by atoms with Crippen LogP contribution in [0, 0.1) is 0 Å². The Morgan fingerprint density at radius 3 is 2.69 bits per heavy atom. The van der Waals surface area contributed by atoms with Gasteiger partial charge < -0.3 is 10.2 Å². The molecule has 1 rings (SSSR count). The fourth-order valence-electron chi connectivity index (χ4n) is 1.57. The molecule has 0 aliphatic rings. The number of hydrogen-bond acceptors (Lipinski definition) is 4. The van der Waals surface area contributed by atoms with Gasteiger partial charge in [-0.15, -0.1) is 0 Å². The van der Waals surface area contributed by atoms with Gasteiger partial charge in [0.25, 0.3) is 0 Å². The van der Waals surface area contributed by atoms with Crippen LogP contribution in [0.25, 0.3) is 0 Å². The third kappa shape index (κ3) is 3.94. The fraction of sp³-hybridized carbons (Fsp3) is 0.636. The van der Waals surface area contributed by atoms with E-state index in [2.05, 4.69) is 41.0 Å². The van der Waals surface area contributed by atoms with E-state index in [0.29, 0.717) is 16.9 Å². The number of rotatable bonds is 6. The molecule has 0 radical (unpaired) electrons. The SMILES string of the molecule is CCN(CC)CC(C)Nc1ncncc1Cl. The Morgan fingerprint density at radius 2 is 2.12 bits per heavy atom. The second-order valence-electron chi connectivity index (χ2n) is 3.75. The fourth-order valence-corrected chi connectivity index (χ4v) is 1.73. The lowest BCUT2D eigenvalue weighted by Gasteiger charge is -2.23. The number of likely N-dealkylation sites (N-methyl/N-ethyl adjacent to an activating group) is 1. The lowest BCUT2D eigenvalue weighted by Crippen LogP contribution is -2.35. The summed E-state index contributed by atoms with van der Waals surface area (Å²) < 4.78 is 0. The first-order chi connectivity index (χ1) is 7.67. The van der Waals surface area contributed by atoms with Crippen LogP contribution in [-0.2, 0) is 0 Å². The molecule has 1 unspecified atom stereocenters. The molecular weight excluding hydrogens is 224 g/mol. The normalized spacial score (nSPS) is 12.8. The van der Waals surface area contributed by atoms with Gasteiger partial charge in [0.1, 0.15) is 17.2 Å². The molecule has 1 aromatic rings. The highest BCUT2D eigenvalue weighted by Gasteiger charge is 2.09. The molecule has 0 spiro atoms. The van der Waals surface area contributed by atoms with E-state index in [1.54, 1.807) is 6.20 Å². The minimum atomic E-state index is 0.312. The van der Waals surface area contributed by atoms with Gasteiger partial charge in [-0.05, 0) is 20.0 Å². The van der Waals surface area contributed by atoms with E-state index in [9.17, 15) is 0 Å². The van der Waals surface area contributed by atoms with Crippen molar-refractivity contribution in [1.82, 2.24) is 14.9 Å². The van der Waals surface area contributed by atoms with Gasteiger partial charge in [0.05, 0.1) is 6.20 Å². The number of aromatic nitrogens is 2. The van der Waals surface area contributed by atoms with Crippen LogP contribution in [0.4, 0.5) is 5.82 Å². The highest BCUT2D eigenvalue weighted by Crippen LogP contribution is 2.16. The Morgan fingerprint density at radius 1 is 1.44 bits per heavy atom. The van der Waals surface area contributed by atoms with Crippen molar-refractivity contribution in [3.8, 4) is 0 Å². The molecule has 0 amide bonds. The van der Waals surface area contributed by atoms with E-state index in [1.165, 1.54) is 6.33 Å². The maximum absolute atomic E-state index is 5.97. The summed E-state index contributed by atoms with van der Waals surface area (Å²) in [6.45, 7) is 9.53. The first kappa shape index (κ1) is 13.2. The Kier molecular flexibility index (Phi) is 5.49. The first-order valence-electron chi connectivity index (χ1n) is 5.61. The highest BCUT2D eigenvalue weighted by atomic mass is 35.5. The summed E-state index contributed by atoms with van der Waals surface area (Å²) in [4.78, 5) is 10.3. The average molecular weight is 243 g/mol. The van der Waals surface area contributed by atoms with Crippen LogP contribution in [0.2, 0.25) is 5.02 Å².